The number of carbonyl (C=O) groups is 1. The maximum atomic E-state index is 11.5. The number of nitrogens with one attached hydrogen (secondary N) is 1. The van der Waals surface area contributed by atoms with Gasteiger partial charge in [0.05, 0.1) is 18.3 Å². The van der Waals surface area contributed by atoms with Crippen molar-refractivity contribution in [2.45, 2.75) is 25.8 Å². The molecule has 14 heavy (non-hydrogen) atoms. The summed E-state index contributed by atoms with van der Waals surface area (Å²) in [4.78, 5) is 12.0. The van der Waals surface area contributed by atoms with Gasteiger partial charge >= 0.3 is 0 Å². The molecule has 6 heteroatoms. The van der Waals surface area contributed by atoms with E-state index in [9.17, 15) is 4.79 Å². The van der Waals surface area contributed by atoms with E-state index in [1.54, 1.807) is 6.92 Å². The first-order valence-electron chi connectivity index (χ1n) is 4.32. The number of nitrogens with zero attached hydrogens (tertiary/aromatic N) is 2. The molecule has 1 unspecified atom stereocenters. The van der Waals surface area contributed by atoms with Crippen LogP contribution >= 0.6 is 11.5 Å². The van der Waals surface area contributed by atoms with Crippen molar-refractivity contribution in [2.75, 3.05) is 6.61 Å². The fourth-order valence-electron chi connectivity index (χ4n) is 0.843. The molecule has 1 aromatic rings. The molecule has 0 aromatic carbocycles. The molecule has 0 aliphatic heterocycles. The third-order valence-corrected chi connectivity index (χ3v) is 2.79. The van der Waals surface area contributed by atoms with Crippen LogP contribution in [0.2, 0.25) is 0 Å². The van der Waals surface area contributed by atoms with Crippen LogP contribution in [0.5, 0.6) is 0 Å². The van der Waals surface area contributed by atoms with E-state index in [-0.39, 0.29) is 12.5 Å². The van der Waals surface area contributed by atoms with Gasteiger partial charge in [0, 0.05) is 0 Å². The number of amides is 1. The van der Waals surface area contributed by atoms with Crippen molar-refractivity contribution >= 4 is 17.4 Å². The largest absolute Gasteiger partial charge is 0.394 e. The molecule has 0 bridgehead atoms. The first-order valence-corrected chi connectivity index (χ1v) is 5.09. The third-order valence-electron chi connectivity index (χ3n) is 2.13. The Kier molecular flexibility index (Phi) is 3.54. The zero-order chi connectivity index (χ0) is 10.6. The van der Waals surface area contributed by atoms with Crippen molar-refractivity contribution in [3.8, 4) is 0 Å². The minimum atomic E-state index is -0.568. The smallest absolute Gasteiger partial charge is 0.265 e. The molecular formula is C8H13N3O2S. The van der Waals surface area contributed by atoms with Gasteiger partial charge in [-0.05, 0) is 24.9 Å². The highest BCUT2D eigenvalue weighted by molar-refractivity contribution is 7.07. The molecule has 0 saturated heterocycles. The summed E-state index contributed by atoms with van der Waals surface area (Å²) in [5.41, 5.74) is -0.568. The predicted octanol–water partition coefficient (Wildman–Crippen LogP) is 0.429. The SMILES string of the molecule is CCC(C)(CO)NC(=O)c1cnns1. The Bertz CT molecular complexity index is 296. The van der Waals surface area contributed by atoms with Crippen LogP contribution in [-0.4, -0.2) is 32.7 Å². The van der Waals surface area contributed by atoms with E-state index < -0.39 is 5.54 Å². The Morgan fingerprint density at radius 1 is 1.79 bits per heavy atom. The lowest BCUT2D eigenvalue weighted by molar-refractivity contribution is 0.0851. The second kappa shape index (κ2) is 4.47. The van der Waals surface area contributed by atoms with Gasteiger partial charge in [0.25, 0.3) is 5.91 Å². The van der Waals surface area contributed by atoms with Crippen molar-refractivity contribution in [3.05, 3.63) is 11.1 Å². The summed E-state index contributed by atoms with van der Waals surface area (Å²) in [7, 11) is 0. The second-order valence-corrected chi connectivity index (χ2v) is 4.09. The minimum absolute atomic E-state index is 0.0819. The van der Waals surface area contributed by atoms with Gasteiger partial charge in [0.15, 0.2) is 0 Å². The van der Waals surface area contributed by atoms with Gasteiger partial charge in [-0.25, -0.2) is 0 Å². The highest BCUT2D eigenvalue weighted by Crippen LogP contribution is 2.10. The van der Waals surface area contributed by atoms with Gasteiger partial charge < -0.3 is 10.4 Å². The Hall–Kier alpha value is -1.01. The molecule has 0 spiro atoms. The maximum Gasteiger partial charge on any atom is 0.265 e. The van der Waals surface area contributed by atoms with Crippen molar-refractivity contribution in [1.82, 2.24) is 14.9 Å². The van der Waals surface area contributed by atoms with Gasteiger partial charge in [0.2, 0.25) is 0 Å². The van der Waals surface area contributed by atoms with Crippen molar-refractivity contribution in [2.24, 2.45) is 0 Å². The van der Waals surface area contributed by atoms with E-state index in [2.05, 4.69) is 14.9 Å². The van der Waals surface area contributed by atoms with Crippen molar-refractivity contribution in [1.29, 1.82) is 0 Å². The Morgan fingerprint density at radius 2 is 2.50 bits per heavy atom. The molecule has 1 amide bonds. The zero-order valence-electron chi connectivity index (χ0n) is 8.15. The summed E-state index contributed by atoms with van der Waals surface area (Å²) in [5.74, 6) is -0.238. The molecule has 1 aromatic heterocycles. The highest BCUT2D eigenvalue weighted by atomic mass is 32.1. The lowest BCUT2D eigenvalue weighted by atomic mass is 10.0. The maximum absolute atomic E-state index is 11.5. The van der Waals surface area contributed by atoms with Gasteiger partial charge in [-0.1, -0.05) is 11.4 Å². The summed E-state index contributed by atoms with van der Waals surface area (Å²) < 4.78 is 3.59. The minimum Gasteiger partial charge on any atom is -0.394 e. The van der Waals surface area contributed by atoms with E-state index in [0.717, 1.165) is 11.5 Å². The normalized spacial score (nSPS) is 14.8. The van der Waals surface area contributed by atoms with E-state index in [4.69, 9.17) is 5.11 Å². The highest BCUT2D eigenvalue weighted by Gasteiger charge is 2.24. The molecule has 1 rings (SSSR count). The quantitative estimate of drug-likeness (QED) is 0.763. The third kappa shape index (κ3) is 2.49. The topological polar surface area (TPSA) is 75.1 Å². The number of hydrogen-bond acceptors (Lipinski definition) is 5. The van der Waals surface area contributed by atoms with Crippen molar-refractivity contribution in [3.63, 3.8) is 0 Å². The fraction of sp³-hybridized carbons (Fsp3) is 0.625. The molecule has 0 aliphatic carbocycles. The van der Waals surface area contributed by atoms with Gasteiger partial charge in [-0.2, -0.15) is 0 Å². The lowest BCUT2D eigenvalue weighted by Gasteiger charge is -2.26. The van der Waals surface area contributed by atoms with Crippen LogP contribution in [0.4, 0.5) is 0 Å². The van der Waals surface area contributed by atoms with Crippen LogP contribution in [0.3, 0.4) is 0 Å². The number of carbonyl (C=O) groups excluding carboxylic acids is 1. The molecular weight excluding hydrogens is 202 g/mol. The average molecular weight is 215 g/mol. The summed E-state index contributed by atoms with van der Waals surface area (Å²) in [6.45, 7) is 3.61. The molecule has 1 atom stereocenters. The number of hydrogen-bond donors (Lipinski definition) is 2. The Labute approximate surface area is 86.3 Å². The number of aromatic nitrogens is 2. The summed E-state index contributed by atoms with van der Waals surface area (Å²) >= 11 is 1.04. The predicted molar refractivity (Wildman–Crippen MR) is 53.2 cm³/mol. The molecule has 0 saturated carbocycles. The van der Waals surface area contributed by atoms with Crippen molar-refractivity contribution < 1.29 is 9.90 Å². The first kappa shape index (κ1) is 11.1. The van der Waals surface area contributed by atoms with Crippen LogP contribution in [0.1, 0.15) is 29.9 Å². The van der Waals surface area contributed by atoms with Gasteiger partial charge in [-0.3, -0.25) is 4.79 Å². The lowest BCUT2D eigenvalue weighted by Crippen LogP contribution is -2.48. The Balaban J connectivity index is 2.65. The molecule has 1 heterocycles. The molecule has 2 N–H and O–H groups in total. The van der Waals surface area contributed by atoms with E-state index >= 15 is 0 Å². The van der Waals surface area contributed by atoms with E-state index in [1.165, 1.54) is 6.20 Å². The molecule has 0 aliphatic rings. The molecule has 5 nitrogen and oxygen atoms in total. The Morgan fingerprint density at radius 3 is 2.93 bits per heavy atom. The number of rotatable bonds is 4. The summed E-state index contributed by atoms with van der Waals surface area (Å²) in [6, 6.07) is 0. The fourth-order valence-corrected chi connectivity index (χ4v) is 1.25. The molecule has 78 valence electrons. The van der Waals surface area contributed by atoms with Gasteiger partial charge in [0.1, 0.15) is 4.88 Å². The van der Waals surface area contributed by atoms with Crippen LogP contribution in [-0.2, 0) is 0 Å². The molecule has 0 fully saturated rings. The van der Waals surface area contributed by atoms with Crippen LogP contribution < -0.4 is 5.32 Å². The monoisotopic (exact) mass is 215 g/mol. The number of aliphatic hydroxyl groups is 1. The first-order chi connectivity index (χ1) is 6.61. The van der Waals surface area contributed by atoms with Gasteiger partial charge in [-0.15, -0.1) is 5.10 Å². The summed E-state index contributed by atoms with van der Waals surface area (Å²) in [6.07, 6.45) is 2.08. The van der Waals surface area contributed by atoms with E-state index in [0.29, 0.717) is 11.3 Å². The average Bonchev–Trinajstić information content (AvgIpc) is 2.70. The summed E-state index contributed by atoms with van der Waals surface area (Å²) in [5, 5.41) is 15.4. The van der Waals surface area contributed by atoms with Crippen LogP contribution in [0, 0.1) is 0 Å². The van der Waals surface area contributed by atoms with Crippen LogP contribution in [0.15, 0.2) is 6.20 Å². The van der Waals surface area contributed by atoms with Crippen LogP contribution in [0.25, 0.3) is 0 Å². The molecule has 0 radical (unpaired) electrons. The standard InChI is InChI=1S/C8H13N3O2S/c1-3-8(2,5-12)10-7(13)6-4-9-11-14-6/h4,12H,3,5H2,1-2H3,(H,10,13). The number of aliphatic hydroxyl groups excluding tert-OH is 1. The van der Waals surface area contributed by atoms with E-state index in [1.807, 2.05) is 6.92 Å². The second-order valence-electron chi connectivity index (χ2n) is 3.31. The zero-order valence-corrected chi connectivity index (χ0v) is 8.97.